The Balaban J connectivity index is 1.92. The summed E-state index contributed by atoms with van der Waals surface area (Å²) in [5, 5.41) is 2.54. The summed E-state index contributed by atoms with van der Waals surface area (Å²) in [4.78, 5) is 2.53. The summed E-state index contributed by atoms with van der Waals surface area (Å²) >= 11 is 0. The standard InChI is InChI=1S/C17H35N3/c1-3-4-14-20-17(19(2)15-18-20)16-12-10-8-6-5-7-9-11-13-16/h16-18H,3-15H2,1-2H3. The molecule has 2 rings (SSSR count). The molecule has 0 bridgehead atoms. The van der Waals surface area contributed by atoms with Crippen LogP contribution in [0.15, 0.2) is 0 Å². The first-order valence-electron chi connectivity index (χ1n) is 9.03. The number of rotatable bonds is 4. The van der Waals surface area contributed by atoms with Crippen molar-refractivity contribution in [2.45, 2.75) is 83.7 Å². The molecular formula is C17H35N3. The van der Waals surface area contributed by atoms with Gasteiger partial charge in [0.2, 0.25) is 0 Å². The summed E-state index contributed by atoms with van der Waals surface area (Å²) in [5.41, 5.74) is 3.61. The Kier molecular flexibility index (Phi) is 7.32. The van der Waals surface area contributed by atoms with E-state index in [0.29, 0.717) is 6.17 Å². The number of nitrogens with zero attached hydrogens (tertiary/aromatic N) is 2. The van der Waals surface area contributed by atoms with Crippen LogP contribution >= 0.6 is 0 Å². The molecule has 3 nitrogen and oxygen atoms in total. The molecule has 118 valence electrons. The van der Waals surface area contributed by atoms with E-state index in [1.54, 1.807) is 0 Å². The van der Waals surface area contributed by atoms with Gasteiger partial charge in [0, 0.05) is 6.54 Å². The zero-order valence-corrected chi connectivity index (χ0v) is 13.7. The molecule has 1 N–H and O–H groups in total. The lowest BCUT2D eigenvalue weighted by Crippen LogP contribution is -2.45. The predicted octanol–water partition coefficient (Wildman–Crippen LogP) is 3.96. The molecular weight excluding hydrogens is 246 g/mol. The molecule has 1 saturated heterocycles. The third-order valence-corrected chi connectivity index (χ3v) is 5.12. The van der Waals surface area contributed by atoms with Gasteiger partial charge in [-0.1, -0.05) is 58.3 Å². The van der Waals surface area contributed by atoms with Gasteiger partial charge in [0.25, 0.3) is 0 Å². The van der Waals surface area contributed by atoms with Gasteiger partial charge < -0.3 is 0 Å². The van der Waals surface area contributed by atoms with Crippen molar-refractivity contribution < 1.29 is 0 Å². The highest BCUT2D eigenvalue weighted by Crippen LogP contribution is 2.29. The maximum atomic E-state index is 3.61. The zero-order valence-electron chi connectivity index (χ0n) is 13.7. The molecule has 1 saturated carbocycles. The minimum absolute atomic E-state index is 0.640. The average molecular weight is 281 g/mol. The number of hydrogen-bond donors (Lipinski definition) is 1. The SMILES string of the molecule is CCCCN1NCN(C)C1C1CCCCCCCCC1. The first-order chi connectivity index (χ1) is 9.83. The predicted molar refractivity (Wildman–Crippen MR) is 86.2 cm³/mol. The van der Waals surface area contributed by atoms with Gasteiger partial charge in [-0.2, -0.15) is 0 Å². The highest BCUT2D eigenvalue weighted by atomic mass is 15.7. The second kappa shape index (κ2) is 9.01. The molecule has 2 aliphatic rings. The average Bonchev–Trinajstić information content (AvgIpc) is 2.83. The van der Waals surface area contributed by atoms with E-state index in [-0.39, 0.29) is 0 Å². The van der Waals surface area contributed by atoms with Crippen LogP contribution in [0.5, 0.6) is 0 Å². The van der Waals surface area contributed by atoms with Crippen molar-refractivity contribution in [2.24, 2.45) is 5.92 Å². The number of nitrogens with one attached hydrogen (secondary N) is 1. The van der Waals surface area contributed by atoms with Crippen LogP contribution in [0.1, 0.15) is 77.6 Å². The number of hydrogen-bond acceptors (Lipinski definition) is 3. The van der Waals surface area contributed by atoms with Crippen LogP contribution < -0.4 is 5.43 Å². The van der Waals surface area contributed by atoms with E-state index in [9.17, 15) is 0 Å². The molecule has 1 aliphatic heterocycles. The minimum Gasteiger partial charge on any atom is -0.276 e. The van der Waals surface area contributed by atoms with Crippen molar-refractivity contribution in [2.75, 3.05) is 20.3 Å². The van der Waals surface area contributed by atoms with Crippen LogP contribution in [0.2, 0.25) is 0 Å². The summed E-state index contributed by atoms with van der Waals surface area (Å²) < 4.78 is 0. The fraction of sp³-hybridized carbons (Fsp3) is 1.00. The fourth-order valence-electron chi connectivity index (χ4n) is 3.92. The van der Waals surface area contributed by atoms with Crippen LogP contribution in [0, 0.1) is 5.92 Å². The molecule has 1 unspecified atom stereocenters. The third-order valence-electron chi connectivity index (χ3n) is 5.12. The normalized spacial score (nSPS) is 28.8. The molecule has 0 spiro atoms. The van der Waals surface area contributed by atoms with E-state index < -0.39 is 0 Å². The summed E-state index contributed by atoms with van der Waals surface area (Å²) in [6.45, 7) is 4.53. The van der Waals surface area contributed by atoms with E-state index in [1.165, 1.54) is 77.2 Å². The lowest BCUT2D eigenvalue weighted by Gasteiger charge is -2.34. The Morgan fingerprint density at radius 3 is 2.15 bits per heavy atom. The van der Waals surface area contributed by atoms with Crippen LogP contribution in [-0.2, 0) is 0 Å². The van der Waals surface area contributed by atoms with Gasteiger partial charge in [-0.3, -0.25) is 4.90 Å². The van der Waals surface area contributed by atoms with Gasteiger partial charge in [-0.25, -0.2) is 10.4 Å². The van der Waals surface area contributed by atoms with Gasteiger partial charge in [0.15, 0.2) is 0 Å². The molecule has 0 amide bonds. The van der Waals surface area contributed by atoms with Crippen molar-refractivity contribution in [1.82, 2.24) is 15.3 Å². The minimum atomic E-state index is 0.640. The molecule has 0 radical (unpaired) electrons. The van der Waals surface area contributed by atoms with Gasteiger partial charge in [0.1, 0.15) is 0 Å². The lowest BCUT2D eigenvalue weighted by atomic mass is 9.89. The van der Waals surface area contributed by atoms with Crippen molar-refractivity contribution in [3.63, 3.8) is 0 Å². The molecule has 1 heterocycles. The summed E-state index contributed by atoms with van der Waals surface area (Å²) in [5.74, 6) is 0.866. The quantitative estimate of drug-likeness (QED) is 0.841. The highest BCUT2D eigenvalue weighted by Gasteiger charge is 2.34. The largest absolute Gasteiger partial charge is 0.276 e. The number of hydrazine groups is 1. The molecule has 20 heavy (non-hydrogen) atoms. The third kappa shape index (κ3) is 4.71. The number of unbranched alkanes of at least 4 members (excludes halogenated alkanes) is 1. The van der Waals surface area contributed by atoms with Gasteiger partial charge in [0.05, 0.1) is 12.8 Å². The van der Waals surface area contributed by atoms with Crippen molar-refractivity contribution in [1.29, 1.82) is 0 Å². The Bertz CT molecular complexity index is 247. The molecule has 1 atom stereocenters. The maximum Gasteiger partial charge on any atom is 0.0794 e. The Morgan fingerprint density at radius 1 is 0.950 bits per heavy atom. The van der Waals surface area contributed by atoms with Gasteiger partial charge in [-0.05, 0) is 32.2 Å². The Hall–Kier alpha value is -0.120. The van der Waals surface area contributed by atoms with Gasteiger partial charge in [-0.15, -0.1) is 0 Å². The first kappa shape index (κ1) is 16.3. The van der Waals surface area contributed by atoms with E-state index >= 15 is 0 Å². The van der Waals surface area contributed by atoms with E-state index in [4.69, 9.17) is 0 Å². The molecule has 0 aromatic heterocycles. The van der Waals surface area contributed by atoms with E-state index in [2.05, 4.69) is 29.3 Å². The second-order valence-electron chi connectivity index (χ2n) is 6.85. The highest BCUT2D eigenvalue weighted by molar-refractivity contribution is 4.81. The van der Waals surface area contributed by atoms with Crippen LogP contribution in [0.3, 0.4) is 0 Å². The summed E-state index contributed by atoms with van der Waals surface area (Å²) in [6.07, 6.45) is 16.3. The topological polar surface area (TPSA) is 18.5 Å². The van der Waals surface area contributed by atoms with Crippen molar-refractivity contribution >= 4 is 0 Å². The van der Waals surface area contributed by atoms with E-state index in [0.717, 1.165) is 12.6 Å². The molecule has 0 aromatic rings. The smallest absolute Gasteiger partial charge is 0.0794 e. The summed E-state index contributed by atoms with van der Waals surface area (Å²) in [6, 6.07) is 0. The van der Waals surface area contributed by atoms with Crippen LogP contribution in [0.25, 0.3) is 0 Å². The Labute approximate surface area is 126 Å². The second-order valence-corrected chi connectivity index (χ2v) is 6.85. The van der Waals surface area contributed by atoms with Crippen LogP contribution in [-0.4, -0.2) is 36.3 Å². The lowest BCUT2D eigenvalue weighted by molar-refractivity contribution is 0.0632. The fourth-order valence-corrected chi connectivity index (χ4v) is 3.92. The Morgan fingerprint density at radius 2 is 1.55 bits per heavy atom. The van der Waals surface area contributed by atoms with Crippen molar-refractivity contribution in [3.05, 3.63) is 0 Å². The van der Waals surface area contributed by atoms with Gasteiger partial charge >= 0.3 is 0 Å². The van der Waals surface area contributed by atoms with E-state index in [1.807, 2.05) is 0 Å². The molecule has 3 heteroatoms. The first-order valence-corrected chi connectivity index (χ1v) is 9.03. The molecule has 2 fully saturated rings. The molecule has 1 aliphatic carbocycles. The monoisotopic (exact) mass is 281 g/mol. The molecule has 0 aromatic carbocycles. The maximum absolute atomic E-state index is 3.61. The van der Waals surface area contributed by atoms with Crippen molar-refractivity contribution in [3.8, 4) is 0 Å². The van der Waals surface area contributed by atoms with Crippen LogP contribution in [0.4, 0.5) is 0 Å². The zero-order chi connectivity index (χ0) is 14.2. The summed E-state index contributed by atoms with van der Waals surface area (Å²) in [7, 11) is 2.29.